The fraction of sp³-hybridized carbons (Fsp3) is 0.579. The van der Waals surface area contributed by atoms with Gasteiger partial charge < -0.3 is 15.4 Å². The lowest BCUT2D eigenvalue weighted by atomic mass is 10.1. The summed E-state index contributed by atoms with van der Waals surface area (Å²) >= 11 is 0. The molecule has 0 spiro atoms. The molecule has 1 fully saturated rings. The quantitative estimate of drug-likeness (QED) is 0.710. The lowest BCUT2D eigenvalue weighted by Crippen LogP contribution is -2.39. The van der Waals surface area contributed by atoms with Gasteiger partial charge in [-0.3, -0.25) is 4.90 Å². The van der Waals surface area contributed by atoms with Gasteiger partial charge in [-0.15, -0.1) is 0 Å². The largest absolute Gasteiger partial charge is 0.473 e. The minimum atomic E-state index is -0.160. The van der Waals surface area contributed by atoms with Gasteiger partial charge in [-0.2, -0.15) is 0 Å². The number of hydrogen-bond donors (Lipinski definition) is 2. The number of carbonyl (C=O) groups excluding carboxylic acids is 1. The summed E-state index contributed by atoms with van der Waals surface area (Å²) in [4.78, 5) is 18.1. The smallest absolute Gasteiger partial charge is 0.315 e. The Morgan fingerprint density at radius 1 is 1.32 bits per heavy atom. The third-order valence-corrected chi connectivity index (χ3v) is 3.95. The van der Waals surface area contributed by atoms with E-state index in [1.165, 1.54) is 37.9 Å². The van der Waals surface area contributed by atoms with Crippen molar-refractivity contribution in [3.8, 4) is 5.88 Å². The van der Waals surface area contributed by atoms with Crippen molar-refractivity contribution >= 4 is 6.03 Å². The number of likely N-dealkylation sites (tertiary alicyclic amines) is 1. The lowest BCUT2D eigenvalue weighted by Gasteiger charge is -2.26. The van der Waals surface area contributed by atoms with Crippen LogP contribution in [0.5, 0.6) is 5.88 Å². The minimum Gasteiger partial charge on any atom is -0.473 e. The molecular weight excluding hydrogens is 316 g/mol. The van der Waals surface area contributed by atoms with Crippen molar-refractivity contribution < 1.29 is 9.53 Å². The molecule has 1 aliphatic rings. The third kappa shape index (κ3) is 8.03. The van der Waals surface area contributed by atoms with Crippen molar-refractivity contribution in [2.45, 2.75) is 45.7 Å². The highest BCUT2D eigenvalue weighted by atomic mass is 16.5. The summed E-state index contributed by atoms with van der Waals surface area (Å²) in [6, 6.07) is 4.04. The van der Waals surface area contributed by atoms with Gasteiger partial charge in [-0.25, -0.2) is 9.78 Å². The highest BCUT2D eigenvalue weighted by Gasteiger charge is 2.10. The molecule has 2 N–H and O–H groups in total. The second-order valence-corrected chi connectivity index (χ2v) is 6.63. The predicted octanol–water partition coefficient (Wildman–Crippen LogP) is 2.71. The van der Waals surface area contributed by atoms with E-state index in [4.69, 9.17) is 4.74 Å². The van der Waals surface area contributed by atoms with Gasteiger partial charge in [0.25, 0.3) is 0 Å². The molecule has 1 aliphatic heterocycles. The van der Waals surface area contributed by atoms with Crippen molar-refractivity contribution in [3.63, 3.8) is 0 Å². The summed E-state index contributed by atoms with van der Waals surface area (Å²) in [5, 5.41) is 5.52. The Labute approximate surface area is 150 Å². The van der Waals surface area contributed by atoms with Gasteiger partial charge in [-0.05, 0) is 57.5 Å². The van der Waals surface area contributed by atoms with Crippen LogP contribution in [-0.4, -0.2) is 48.2 Å². The molecule has 25 heavy (non-hydrogen) atoms. The Hall–Kier alpha value is -2.08. The minimum absolute atomic E-state index is 0.135. The molecule has 0 aromatic carbocycles. The molecule has 0 unspecified atom stereocenters. The van der Waals surface area contributed by atoms with Crippen molar-refractivity contribution in [2.24, 2.45) is 0 Å². The van der Waals surface area contributed by atoms with Crippen LogP contribution in [0.25, 0.3) is 0 Å². The number of nitrogens with zero attached hydrogens (tertiary/aromatic N) is 2. The van der Waals surface area contributed by atoms with Crippen LogP contribution in [0.4, 0.5) is 4.79 Å². The summed E-state index contributed by atoms with van der Waals surface area (Å²) in [6.07, 6.45) is 9.49. The Kier molecular flexibility index (Phi) is 8.25. The standard InChI is InChI=1S/C19H30N4O2/c1-16(2)22-19(24)21-9-4-7-13-25-18-14-17(8-10-20-18)15-23-11-5-3-6-12-23/h4,7-8,10,14,16H,3,5-6,9,11-13,15H2,1-2H3,(H2,21,22,24)/b7-4-. The molecule has 1 aromatic rings. The first-order valence-corrected chi connectivity index (χ1v) is 9.13. The predicted molar refractivity (Wildman–Crippen MR) is 99.7 cm³/mol. The van der Waals surface area contributed by atoms with Crippen molar-refractivity contribution in [1.29, 1.82) is 0 Å². The molecular formula is C19H30N4O2. The Balaban J connectivity index is 1.67. The van der Waals surface area contributed by atoms with Gasteiger partial charge in [0.2, 0.25) is 5.88 Å². The highest BCUT2D eigenvalue weighted by Crippen LogP contribution is 2.15. The average Bonchev–Trinajstić information content (AvgIpc) is 2.58. The Morgan fingerprint density at radius 2 is 2.12 bits per heavy atom. The van der Waals surface area contributed by atoms with E-state index in [9.17, 15) is 4.79 Å². The zero-order chi connectivity index (χ0) is 17.9. The number of piperidine rings is 1. The van der Waals surface area contributed by atoms with Crippen LogP contribution in [0.1, 0.15) is 38.7 Å². The summed E-state index contributed by atoms with van der Waals surface area (Å²) in [5.74, 6) is 0.643. The maximum absolute atomic E-state index is 11.4. The van der Waals surface area contributed by atoms with E-state index in [-0.39, 0.29) is 12.1 Å². The number of hydrogen-bond acceptors (Lipinski definition) is 4. The van der Waals surface area contributed by atoms with Crippen LogP contribution in [0.2, 0.25) is 0 Å². The van der Waals surface area contributed by atoms with Gasteiger partial charge in [-0.1, -0.05) is 12.5 Å². The number of ether oxygens (including phenoxy) is 1. The summed E-state index contributed by atoms with van der Waals surface area (Å²) in [6.45, 7) is 8.09. The van der Waals surface area contributed by atoms with Gasteiger partial charge in [0.05, 0.1) is 0 Å². The van der Waals surface area contributed by atoms with E-state index >= 15 is 0 Å². The number of nitrogens with one attached hydrogen (secondary N) is 2. The zero-order valence-electron chi connectivity index (χ0n) is 15.3. The summed E-state index contributed by atoms with van der Waals surface area (Å²) in [7, 11) is 0. The van der Waals surface area contributed by atoms with E-state index < -0.39 is 0 Å². The van der Waals surface area contributed by atoms with Gasteiger partial charge >= 0.3 is 6.03 Å². The highest BCUT2D eigenvalue weighted by molar-refractivity contribution is 5.74. The maximum Gasteiger partial charge on any atom is 0.315 e. The normalized spacial score (nSPS) is 15.5. The van der Waals surface area contributed by atoms with Gasteiger partial charge in [0.1, 0.15) is 6.61 Å². The SMILES string of the molecule is CC(C)NC(=O)NC/C=C\COc1cc(CN2CCCCC2)ccn1. The maximum atomic E-state index is 11.4. The second kappa shape index (κ2) is 10.7. The van der Waals surface area contributed by atoms with Crippen molar-refractivity contribution in [3.05, 3.63) is 36.0 Å². The first-order chi connectivity index (χ1) is 12.1. The fourth-order valence-corrected chi connectivity index (χ4v) is 2.75. The second-order valence-electron chi connectivity index (χ2n) is 6.63. The lowest BCUT2D eigenvalue weighted by molar-refractivity contribution is 0.220. The number of amides is 2. The fourth-order valence-electron chi connectivity index (χ4n) is 2.75. The molecule has 0 atom stereocenters. The third-order valence-electron chi connectivity index (χ3n) is 3.95. The average molecular weight is 346 g/mol. The van der Waals surface area contributed by atoms with E-state index in [0.717, 1.165) is 6.54 Å². The first kappa shape index (κ1) is 19.2. The van der Waals surface area contributed by atoms with Crippen LogP contribution in [-0.2, 0) is 6.54 Å². The summed E-state index contributed by atoms with van der Waals surface area (Å²) in [5.41, 5.74) is 1.24. The van der Waals surface area contributed by atoms with Crippen molar-refractivity contribution in [2.75, 3.05) is 26.2 Å². The topological polar surface area (TPSA) is 66.5 Å². The molecule has 2 heterocycles. The monoisotopic (exact) mass is 346 g/mol. The number of rotatable bonds is 8. The summed E-state index contributed by atoms with van der Waals surface area (Å²) < 4.78 is 5.66. The Bertz CT molecular complexity index is 554. The molecule has 2 rings (SSSR count). The molecule has 138 valence electrons. The van der Waals surface area contributed by atoms with Crippen LogP contribution < -0.4 is 15.4 Å². The molecule has 0 radical (unpaired) electrons. The van der Waals surface area contributed by atoms with Crippen LogP contribution >= 0.6 is 0 Å². The molecule has 1 saturated heterocycles. The molecule has 6 heteroatoms. The van der Waals surface area contributed by atoms with Crippen LogP contribution in [0, 0.1) is 0 Å². The Morgan fingerprint density at radius 3 is 2.88 bits per heavy atom. The molecule has 6 nitrogen and oxygen atoms in total. The van der Waals surface area contributed by atoms with Crippen LogP contribution in [0.15, 0.2) is 30.5 Å². The molecule has 0 saturated carbocycles. The van der Waals surface area contributed by atoms with Gasteiger partial charge in [0, 0.05) is 31.4 Å². The number of aromatic nitrogens is 1. The number of urea groups is 1. The molecule has 0 aliphatic carbocycles. The van der Waals surface area contributed by atoms with E-state index in [0.29, 0.717) is 19.0 Å². The molecule has 1 aromatic heterocycles. The van der Waals surface area contributed by atoms with E-state index in [2.05, 4.69) is 26.6 Å². The number of carbonyl (C=O) groups is 1. The zero-order valence-corrected chi connectivity index (χ0v) is 15.3. The van der Waals surface area contributed by atoms with E-state index in [1.807, 2.05) is 32.1 Å². The van der Waals surface area contributed by atoms with E-state index in [1.54, 1.807) is 6.20 Å². The van der Waals surface area contributed by atoms with Crippen molar-refractivity contribution in [1.82, 2.24) is 20.5 Å². The molecule has 2 amide bonds. The molecule has 0 bridgehead atoms. The number of pyridine rings is 1. The van der Waals surface area contributed by atoms with Crippen LogP contribution in [0.3, 0.4) is 0 Å². The first-order valence-electron chi connectivity index (χ1n) is 9.13. The van der Waals surface area contributed by atoms with Gasteiger partial charge in [0.15, 0.2) is 0 Å².